The number of rotatable bonds is 8. The van der Waals surface area contributed by atoms with Gasteiger partial charge in [0.1, 0.15) is 11.6 Å². The van der Waals surface area contributed by atoms with Gasteiger partial charge in [-0.1, -0.05) is 24.6 Å². The van der Waals surface area contributed by atoms with Gasteiger partial charge in [-0.25, -0.2) is 9.97 Å². The Morgan fingerprint density at radius 2 is 1.90 bits per heavy atom. The third kappa shape index (κ3) is 4.94. The van der Waals surface area contributed by atoms with E-state index in [2.05, 4.69) is 15.3 Å². The van der Waals surface area contributed by atoms with Crippen LogP contribution >= 0.6 is 0 Å². The summed E-state index contributed by atoms with van der Waals surface area (Å²) in [5.74, 6) is 0.593. The second-order valence-electron chi connectivity index (χ2n) is 7.16. The lowest BCUT2D eigenvalue weighted by atomic mass is 10.0. The fourth-order valence-electron chi connectivity index (χ4n) is 3.29. The number of para-hydroxylation sites is 1. The van der Waals surface area contributed by atoms with Crippen molar-refractivity contribution >= 4 is 28.6 Å². The van der Waals surface area contributed by atoms with Crippen LogP contribution < -0.4 is 11.1 Å². The molecular formula is C22H24F3N5. The Hall–Kier alpha value is -3.00. The molecular weight excluding hydrogens is 391 g/mol. The predicted molar refractivity (Wildman–Crippen MR) is 113 cm³/mol. The van der Waals surface area contributed by atoms with Crippen molar-refractivity contribution in [3.63, 3.8) is 0 Å². The molecule has 0 fully saturated rings. The largest absolute Gasteiger partial charge is 0.416 e. The number of nitrogens with zero attached hydrogens (tertiary/aromatic N) is 2. The molecule has 2 aromatic carbocycles. The fourth-order valence-corrected chi connectivity index (χ4v) is 3.29. The predicted octanol–water partition coefficient (Wildman–Crippen LogP) is 5.56. The SMILES string of the molecule is Cc1ccc(Nc2nc(C(C=N)CCCCN)nc3ccccc23)cc1C(F)(F)F. The quantitative estimate of drug-likeness (QED) is 0.332. The molecule has 0 saturated heterocycles. The summed E-state index contributed by atoms with van der Waals surface area (Å²) in [6.07, 6.45) is -0.775. The Bertz CT molecular complexity index is 1030. The summed E-state index contributed by atoms with van der Waals surface area (Å²) in [5, 5.41) is 11.5. The highest BCUT2D eigenvalue weighted by Gasteiger charge is 2.32. The van der Waals surface area contributed by atoms with Crippen molar-refractivity contribution in [2.45, 2.75) is 38.3 Å². The van der Waals surface area contributed by atoms with Crippen molar-refractivity contribution in [1.82, 2.24) is 9.97 Å². The van der Waals surface area contributed by atoms with Gasteiger partial charge in [-0.2, -0.15) is 13.2 Å². The number of hydrogen-bond acceptors (Lipinski definition) is 5. The first-order valence-corrected chi connectivity index (χ1v) is 9.75. The zero-order chi connectivity index (χ0) is 21.7. The molecule has 0 amide bonds. The molecule has 0 bridgehead atoms. The van der Waals surface area contributed by atoms with Gasteiger partial charge in [-0.15, -0.1) is 0 Å². The summed E-state index contributed by atoms with van der Waals surface area (Å²) in [6.45, 7) is 2.01. The first kappa shape index (κ1) is 21.7. The summed E-state index contributed by atoms with van der Waals surface area (Å²) >= 11 is 0. The van der Waals surface area contributed by atoms with Crippen LogP contribution in [0.3, 0.4) is 0 Å². The Morgan fingerprint density at radius 1 is 1.13 bits per heavy atom. The molecule has 1 atom stereocenters. The first-order valence-electron chi connectivity index (χ1n) is 9.75. The highest BCUT2D eigenvalue weighted by atomic mass is 19.4. The van der Waals surface area contributed by atoms with Crippen LogP contribution in [0.15, 0.2) is 42.5 Å². The Kier molecular flexibility index (Phi) is 6.66. The average molecular weight is 415 g/mol. The summed E-state index contributed by atoms with van der Waals surface area (Å²) in [6, 6.07) is 11.4. The van der Waals surface area contributed by atoms with Crippen LogP contribution in [0.5, 0.6) is 0 Å². The van der Waals surface area contributed by atoms with E-state index in [0.29, 0.717) is 35.5 Å². The van der Waals surface area contributed by atoms with E-state index in [1.165, 1.54) is 19.2 Å². The lowest BCUT2D eigenvalue weighted by molar-refractivity contribution is -0.138. The Morgan fingerprint density at radius 3 is 2.60 bits per heavy atom. The Balaban J connectivity index is 2.02. The number of fused-ring (bicyclic) bond motifs is 1. The molecule has 0 aliphatic rings. The van der Waals surface area contributed by atoms with Gasteiger partial charge < -0.3 is 16.5 Å². The molecule has 0 radical (unpaired) electrons. The molecule has 0 aliphatic carbocycles. The normalized spacial score (nSPS) is 12.7. The van der Waals surface area contributed by atoms with Gasteiger partial charge in [0.05, 0.1) is 17.0 Å². The molecule has 3 aromatic rings. The lowest BCUT2D eigenvalue weighted by Crippen LogP contribution is -2.10. The molecule has 8 heteroatoms. The van der Waals surface area contributed by atoms with Crippen LogP contribution in [-0.2, 0) is 6.18 Å². The van der Waals surface area contributed by atoms with Gasteiger partial charge in [0.15, 0.2) is 0 Å². The molecule has 0 aliphatic heterocycles. The number of alkyl halides is 3. The number of benzene rings is 2. The van der Waals surface area contributed by atoms with Crippen LogP contribution in [0.4, 0.5) is 24.7 Å². The second-order valence-corrected chi connectivity index (χ2v) is 7.16. The minimum absolute atomic E-state index is 0.157. The average Bonchev–Trinajstić information content (AvgIpc) is 2.72. The molecule has 5 nitrogen and oxygen atoms in total. The van der Waals surface area contributed by atoms with Crippen LogP contribution in [0.1, 0.15) is 42.1 Å². The van der Waals surface area contributed by atoms with E-state index >= 15 is 0 Å². The van der Waals surface area contributed by atoms with Crippen molar-refractivity contribution in [2.24, 2.45) is 5.73 Å². The van der Waals surface area contributed by atoms with Gasteiger partial charge in [0, 0.05) is 17.3 Å². The van der Waals surface area contributed by atoms with E-state index in [4.69, 9.17) is 11.1 Å². The smallest absolute Gasteiger partial charge is 0.340 e. The first-order chi connectivity index (χ1) is 14.3. The van der Waals surface area contributed by atoms with E-state index in [1.807, 2.05) is 24.3 Å². The summed E-state index contributed by atoms with van der Waals surface area (Å²) in [7, 11) is 0. The molecule has 1 aromatic heterocycles. The molecule has 0 saturated carbocycles. The molecule has 4 N–H and O–H groups in total. The topological polar surface area (TPSA) is 87.7 Å². The zero-order valence-electron chi connectivity index (χ0n) is 16.6. The number of anilines is 2. The third-order valence-corrected chi connectivity index (χ3v) is 4.93. The zero-order valence-corrected chi connectivity index (χ0v) is 16.6. The van der Waals surface area contributed by atoms with E-state index < -0.39 is 11.7 Å². The maximum absolute atomic E-state index is 13.3. The summed E-state index contributed by atoms with van der Waals surface area (Å²) in [5.41, 5.74) is 5.98. The number of hydrogen-bond donors (Lipinski definition) is 3. The van der Waals surface area contributed by atoms with E-state index in [9.17, 15) is 13.2 Å². The fraction of sp³-hybridized carbons (Fsp3) is 0.318. The third-order valence-electron chi connectivity index (χ3n) is 4.93. The van der Waals surface area contributed by atoms with Crippen molar-refractivity contribution in [3.8, 4) is 0 Å². The standard InChI is InChI=1S/C22H24F3N5/c1-14-9-10-16(12-18(14)22(23,24)25)28-21-17-7-2-3-8-19(17)29-20(30-21)15(13-27)6-4-5-11-26/h2-3,7-10,12-13,15,27H,4-6,11,26H2,1H3,(H,28,29,30). The van der Waals surface area contributed by atoms with Crippen LogP contribution in [0.2, 0.25) is 0 Å². The minimum Gasteiger partial charge on any atom is -0.340 e. The molecule has 1 heterocycles. The number of nitrogens with one attached hydrogen (secondary N) is 2. The molecule has 158 valence electrons. The highest BCUT2D eigenvalue weighted by Crippen LogP contribution is 2.35. The highest BCUT2D eigenvalue weighted by molar-refractivity contribution is 5.91. The monoisotopic (exact) mass is 415 g/mol. The molecule has 30 heavy (non-hydrogen) atoms. The second kappa shape index (κ2) is 9.21. The van der Waals surface area contributed by atoms with Crippen molar-refractivity contribution < 1.29 is 13.2 Å². The Labute approximate surface area is 173 Å². The van der Waals surface area contributed by atoms with Crippen molar-refractivity contribution in [2.75, 3.05) is 11.9 Å². The molecule has 0 spiro atoms. The molecule has 1 unspecified atom stereocenters. The summed E-state index contributed by atoms with van der Waals surface area (Å²) < 4.78 is 39.9. The van der Waals surface area contributed by atoms with Crippen LogP contribution in [0, 0.1) is 12.3 Å². The maximum atomic E-state index is 13.3. The maximum Gasteiger partial charge on any atom is 0.416 e. The van der Waals surface area contributed by atoms with Gasteiger partial charge in [-0.05, 0) is 56.1 Å². The van der Waals surface area contributed by atoms with E-state index in [-0.39, 0.29) is 17.2 Å². The van der Waals surface area contributed by atoms with Gasteiger partial charge in [0.25, 0.3) is 0 Å². The van der Waals surface area contributed by atoms with Crippen molar-refractivity contribution in [3.05, 3.63) is 59.4 Å². The number of halogens is 3. The lowest BCUT2D eigenvalue weighted by Gasteiger charge is -2.16. The number of aromatic nitrogens is 2. The van der Waals surface area contributed by atoms with Crippen LogP contribution in [0.25, 0.3) is 10.9 Å². The minimum atomic E-state index is -4.44. The van der Waals surface area contributed by atoms with E-state index in [1.54, 1.807) is 6.07 Å². The van der Waals surface area contributed by atoms with Gasteiger partial charge in [-0.3, -0.25) is 0 Å². The number of aryl methyl sites for hydroxylation is 1. The van der Waals surface area contributed by atoms with Crippen LogP contribution in [-0.4, -0.2) is 22.7 Å². The number of nitrogens with two attached hydrogens (primary N) is 1. The number of unbranched alkanes of at least 4 members (excludes halogenated alkanes) is 1. The molecule has 3 rings (SSSR count). The van der Waals surface area contributed by atoms with Gasteiger partial charge in [0.2, 0.25) is 0 Å². The summed E-state index contributed by atoms with van der Waals surface area (Å²) in [4.78, 5) is 9.16. The van der Waals surface area contributed by atoms with Crippen molar-refractivity contribution in [1.29, 1.82) is 5.41 Å². The van der Waals surface area contributed by atoms with Gasteiger partial charge >= 0.3 is 6.18 Å². The van der Waals surface area contributed by atoms with E-state index in [0.717, 1.165) is 18.9 Å².